The zero-order valence-electron chi connectivity index (χ0n) is 13.4. The highest BCUT2D eigenvalue weighted by Gasteiger charge is 2.22. The first-order chi connectivity index (χ1) is 10.2. The first-order valence-electron chi connectivity index (χ1n) is 8.05. The molecule has 3 heteroatoms. The van der Waals surface area contributed by atoms with E-state index in [0.717, 1.165) is 11.4 Å². The van der Waals surface area contributed by atoms with Crippen molar-refractivity contribution in [2.75, 3.05) is 26.7 Å². The van der Waals surface area contributed by atoms with Gasteiger partial charge in [0.2, 0.25) is 0 Å². The minimum absolute atomic E-state index is 0.662. The van der Waals surface area contributed by atoms with E-state index in [4.69, 9.17) is 4.74 Å². The summed E-state index contributed by atoms with van der Waals surface area (Å²) in [5.74, 6) is 1.72. The number of hydrogen-bond donors (Lipinski definition) is 0. The van der Waals surface area contributed by atoms with Crippen LogP contribution in [-0.2, 0) is 0 Å². The van der Waals surface area contributed by atoms with E-state index in [0.29, 0.717) is 5.92 Å². The summed E-state index contributed by atoms with van der Waals surface area (Å²) in [6.07, 6.45) is 9.08. The van der Waals surface area contributed by atoms with Gasteiger partial charge < -0.3 is 9.64 Å². The molecule has 1 fully saturated rings. The molecule has 2 nitrogen and oxygen atoms in total. The molecule has 1 aliphatic rings. The van der Waals surface area contributed by atoms with E-state index in [1.54, 1.807) is 7.11 Å². The molecule has 21 heavy (non-hydrogen) atoms. The zero-order chi connectivity index (χ0) is 15.1. The second-order valence-electron chi connectivity index (χ2n) is 6.03. The molecule has 0 aromatic heterocycles. The highest BCUT2D eigenvalue weighted by Crippen LogP contribution is 2.34. The van der Waals surface area contributed by atoms with E-state index in [9.17, 15) is 0 Å². The van der Waals surface area contributed by atoms with Crippen LogP contribution < -0.4 is 4.74 Å². The fraction of sp³-hybridized carbons (Fsp3) is 0.611. The van der Waals surface area contributed by atoms with Gasteiger partial charge >= 0.3 is 0 Å². The SMILES string of the molecule is C=PC(C)CCCN1CCC(c2ccccc2OC)CC1. The van der Waals surface area contributed by atoms with Crippen LogP contribution in [0.3, 0.4) is 0 Å². The number of rotatable bonds is 7. The van der Waals surface area contributed by atoms with E-state index in [2.05, 4.69) is 42.4 Å². The van der Waals surface area contributed by atoms with Crippen LogP contribution in [0.4, 0.5) is 0 Å². The highest BCUT2D eigenvalue weighted by molar-refractivity contribution is 7.37. The Morgan fingerprint density at radius 2 is 2.05 bits per heavy atom. The van der Waals surface area contributed by atoms with Crippen LogP contribution in [0.2, 0.25) is 0 Å². The molecule has 1 unspecified atom stereocenters. The van der Waals surface area contributed by atoms with Gasteiger partial charge in [0.15, 0.2) is 0 Å². The summed E-state index contributed by atoms with van der Waals surface area (Å²) in [6.45, 7) is 5.99. The Hall–Kier alpha value is -0.850. The van der Waals surface area contributed by atoms with Crippen molar-refractivity contribution in [2.45, 2.75) is 44.2 Å². The quantitative estimate of drug-likeness (QED) is 0.691. The molecule has 1 aromatic carbocycles. The molecule has 1 saturated heterocycles. The lowest BCUT2D eigenvalue weighted by atomic mass is 9.88. The maximum atomic E-state index is 5.51. The summed E-state index contributed by atoms with van der Waals surface area (Å²) in [5, 5.41) is 0. The molecule has 0 saturated carbocycles. The number of ether oxygens (including phenoxy) is 1. The number of para-hydroxylation sites is 1. The molecule has 0 N–H and O–H groups in total. The summed E-state index contributed by atoms with van der Waals surface area (Å²) in [4.78, 5) is 2.62. The molecule has 0 spiro atoms. The third-order valence-corrected chi connectivity index (χ3v) is 5.46. The van der Waals surface area contributed by atoms with Gasteiger partial charge in [-0.1, -0.05) is 31.4 Å². The van der Waals surface area contributed by atoms with Crippen molar-refractivity contribution < 1.29 is 4.74 Å². The molecule has 2 rings (SSSR count). The lowest BCUT2D eigenvalue weighted by molar-refractivity contribution is 0.207. The molecular formula is C18H28NOP. The number of likely N-dealkylation sites (tertiary alicyclic amines) is 1. The Morgan fingerprint density at radius 3 is 2.71 bits per heavy atom. The van der Waals surface area contributed by atoms with Gasteiger partial charge in [-0.25, -0.2) is 0 Å². The molecule has 1 aromatic rings. The van der Waals surface area contributed by atoms with Crippen LogP contribution in [0.5, 0.6) is 5.75 Å². The van der Waals surface area contributed by atoms with Crippen molar-refractivity contribution in [3.05, 3.63) is 29.8 Å². The fourth-order valence-electron chi connectivity index (χ4n) is 3.17. The standard InChI is InChI=1S/C18H28NOP/c1-15(21-3)7-6-12-19-13-10-16(11-14-19)17-8-4-5-9-18(17)20-2/h4-5,8-9,15-16H,3,6-7,10-14H2,1-2H3. The number of benzene rings is 1. The molecule has 0 amide bonds. The van der Waals surface area contributed by atoms with Crippen LogP contribution in [-0.4, -0.2) is 43.6 Å². The summed E-state index contributed by atoms with van der Waals surface area (Å²) >= 11 is 0. The molecule has 116 valence electrons. The lowest BCUT2D eigenvalue weighted by Crippen LogP contribution is -2.33. The minimum atomic E-state index is 0.662. The zero-order valence-corrected chi connectivity index (χ0v) is 14.3. The maximum Gasteiger partial charge on any atom is 0.122 e. The van der Waals surface area contributed by atoms with Crippen molar-refractivity contribution >= 4 is 14.5 Å². The van der Waals surface area contributed by atoms with E-state index in [-0.39, 0.29) is 0 Å². The molecule has 0 radical (unpaired) electrons. The Balaban J connectivity index is 1.79. The predicted octanol–water partition coefficient (Wildman–Crippen LogP) is 4.42. The Kier molecular flexibility index (Phi) is 6.73. The van der Waals surface area contributed by atoms with Gasteiger partial charge in [0, 0.05) is 0 Å². The van der Waals surface area contributed by atoms with Crippen molar-refractivity contribution in [1.82, 2.24) is 4.90 Å². The predicted molar refractivity (Wildman–Crippen MR) is 94.1 cm³/mol. The number of hydrogen-bond acceptors (Lipinski definition) is 2. The molecular weight excluding hydrogens is 277 g/mol. The largest absolute Gasteiger partial charge is 0.496 e. The van der Waals surface area contributed by atoms with Gasteiger partial charge in [0.1, 0.15) is 5.75 Å². The maximum absolute atomic E-state index is 5.51. The minimum Gasteiger partial charge on any atom is -0.496 e. The summed E-state index contributed by atoms with van der Waals surface area (Å²) in [6, 6.07) is 8.50. The van der Waals surface area contributed by atoms with Gasteiger partial charge in [-0.15, -0.1) is 8.20 Å². The van der Waals surface area contributed by atoms with Crippen molar-refractivity contribution in [1.29, 1.82) is 0 Å². The summed E-state index contributed by atoms with van der Waals surface area (Å²) < 4.78 is 5.51. The third-order valence-electron chi connectivity index (χ3n) is 4.57. The smallest absolute Gasteiger partial charge is 0.122 e. The lowest BCUT2D eigenvalue weighted by Gasteiger charge is -2.32. The van der Waals surface area contributed by atoms with Gasteiger partial charge in [0.25, 0.3) is 0 Å². The molecule has 1 heterocycles. The number of piperidine rings is 1. The van der Waals surface area contributed by atoms with Crippen LogP contribution >= 0.6 is 8.20 Å². The van der Waals surface area contributed by atoms with Crippen LogP contribution in [0, 0.1) is 0 Å². The Morgan fingerprint density at radius 1 is 1.33 bits per heavy atom. The average Bonchev–Trinajstić information content (AvgIpc) is 2.55. The highest BCUT2D eigenvalue weighted by atomic mass is 31.1. The number of nitrogens with zero attached hydrogens (tertiary/aromatic N) is 1. The van der Waals surface area contributed by atoms with Gasteiger partial charge in [0.05, 0.1) is 7.11 Å². The van der Waals surface area contributed by atoms with Gasteiger partial charge in [-0.2, -0.15) is 0 Å². The average molecular weight is 305 g/mol. The Bertz CT molecular complexity index is 441. The molecule has 0 bridgehead atoms. The first-order valence-corrected chi connectivity index (χ1v) is 9.20. The first kappa shape index (κ1) is 16.5. The van der Waals surface area contributed by atoms with Crippen molar-refractivity contribution in [2.24, 2.45) is 0 Å². The molecule has 1 aliphatic heterocycles. The van der Waals surface area contributed by atoms with Crippen LogP contribution in [0.1, 0.15) is 44.1 Å². The van der Waals surface area contributed by atoms with E-state index < -0.39 is 0 Å². The Labute approximate surface area is 131 Å². The normalized spacial score (nSPS) is 18.8. The summed E-state index contributed by atoms with van der Waals surface area (Å²) in [5.41, 5.74) is 2.14. The second kappa shape index (κ2) is 8.56. The number of methoxy groups -OCH3 is 1. The van der Waals surface area contributed by atoms with Crippen molar-refractivity contribution in [3.8, 4) is 5.75 Å². The molecule has 1 atom stereocenters. The topological polar surface area (TPSA) is 12.5 Å². The summed E-state index contributed by atoms with van der Waals surface area (Å²) in [7, 11) is 3.06. The van der Waals surface area contributed by atoms with E-state index in [1.807, 2.05) is 0 Å². The van der Waals surface area contributed by atoms with E-state index in [1.165, 1.54) is 59.1 Å². The van der Waals surface area contributed by atoms with Crippen LogP contribution in [0.15, 0.2) is 24.3 Å². The second-order valence-corrected chi connectivity index (χ2v) is 7.28. The van der Waals surface area contributed by atoms with Gasteiger partial charge in [-0.05, 0) is 68.5 Å². The van der Waals surface area contributed by atoms with Gasteiger partial charge in [-0.3, -0.25) is 0 Å². The third kappa shape index (κ3) is 4.83. The monoisotopic (exact) mass is 305 g/mol. The van der Waals surface area contributed by atoms with E-state index >= 15 is 0 Å². The van der Waals surface area contributed by atoms with Crippen LogP contribution in [0.25, 0.3) is 0 Å². The fourth-order valence-corrected chi connectivity index (χ4v) is 3.54. The molecule has 0 aliphatic carbocycles. The van der Waals surface area contributed by atoms with Crippen molar-refractivity contribution in [3.63, 3.8) is 0 Å².